The van der Waals surface area contributed by atoms with Crippen LogP contribution in [0.15, 0.2) is 18.3 Å². The van der Waals surface area contributed by atoms with Crippen LogP contribution in [-0.4, -0.2) is 30.8 Å². The molecule has 19 heavy (non-hydrogen) atoms. The van der Waals surface area contributed by atoms with Gasteiger partial charge in [-0.15, -0.1) is 0 Å². The molecule has 0 bridgehead atoms. The van der Waals surface area contributed by atoms with Crippen molar-refractivity contribution >= 4 is 0 Å². The smallest absolute Gasteiger partial charge is 0.137 e. The fraction of sp³-hybridized carbons (Fsp3) is 0.667. The number of nitrogens with one attached hydrogen (secondary N) is 1. The van der Waals surface area contributed by atoms with E-state index in [1.807, 2.05) is 12.1 Å². The molecule has 0 saturated carbocycles. The van der Waals surface area contributed by atoms with E-state index >= 15 is 0 Å². The van der Waals surface area contributed by atoms with Crippen molar-refractivity contribution in [3.63, 3.8) is 0 Å². The van der Waals surface area contributed by atoms with Crippen LogP contribution in [0.2, 0.25) is 0 Å². The normalized spacial score (nSPS) is 19.3. The molecular formula is C15H24N2O2. The molecule has 1 aromatic rings. The minimum Gasteiger partial charge on any atom is -0.489 e. The summed E-state index contributed by atoms with van der Waals surface area (Å²) in [7, 11) is 0. The van der Waals surface area contributed by atoms with E-state index in [9.17, 15) is 0 Å². The lowest BCUT2D eigenvalue weighted by atomic mass is 10.1. The summed E-state index contributed by atoms with van der Waals surface area (Å²) in [6.45, 7) is 5.51. The van der Waals surface area contributed by atoms with E-state index in [2.05, 4.69) is 17.2 Å². The fourth-order valence-electron chi connectivity index (χ4n) is 2.12. The molecule has 1 aromatic heterocycles. The Morgan fingerprint density at radius 2 is 2.37 bits per heavy atom. The van der Waals surface area contributed by atoms with Crippen molar-refractivity contribution < 1.29 is 9.47 Å². The number of ether oxygens (including phenoxy) is 2. The predicted molar refractivity (Wildman–Crippen MR) is 75.3 cm³/mol. The van der Waals surface area contributed by atoms with Crippen LogP contribution in [0.4, 0.5) is 0 Å². The second kappa shape index (κ2) is 8.12. The molecule has 0 aromatic carbocycles. The molecule has 4 heteroatoms. The Bertz CT molecular complexity index is 348. The Kier molecular flexibility index (Phi) is 6.11. The highest BCUT2D eigenvalue weighted by Crippen LogP contribution is 2.15. The zero-order valence-electron chi connectivity index (χ0n) is 11.7. The highest BCUT2D eigenvalue weighted by atomic mass is 16.5. The van der Waals surface area contributed by atoms with Crippen LogP contribution in [0, 0.1) is 0 Å². The summed E-state index contributed by atoms with van der Waals surface area (Å²) in [6, 6.07) is 4.00. The van der Waals surface area contributed by atoms with E-state index in [1.54, 1.807) is 6.20 Å². The fourth-order valence-corrected chi connectivity index (χ4v) is 2.12. The maximum atomic E-state index is 5.72. The van der Waals surface area contributed by atoms with Gasteiger partial charge in [0.05, 0.1) is 18.0 Å². The molecule has 0 radical (unpaired) electrons. The van der Waals surface area contributed by atoms with Crippen molar-refractivity contribution in [1.82, 2.24) is 10.3 Å². The number of hydrogen-bond acceptors (Lipinski definition) is 4. The van der Waals surface area contributed by atoms with Crippen LogP contribution >= 0.6 is 0 Å². The van der Waals surface area contributed by atoms with Crippen LogP contribution < -0.4 is 10.1 Å². The lowest BCUT2D eigenvalue weighted by Gasteiger charge is -2.22. The molecule has 2 rings (SSSR count). The van der Waals surface area contributed by atoms with Gasteiger partial charge < -0.3 is 14.8 Å². The van der Waals surface area contributed by atoms with E-state index < -0.39 is 0 Å². The summed E-state index contributed by atoms with van der Waals surface area (Å²) < 4.78 is 11.4. The Balaban J connectivity index is 1.71. The summed E-state index contributed by atoms with van der Waals surface area (Å²) >= 11 is 0. The van der Waals surface area contributed by atoms with Gasteiger partial charge in [-0.3, -0.25) is 4.98 Å². The standard InChI is InChI=1S/C15H24N2O2/c1-2-8-16-10-13-6-7-14(11-17-13)19-12-15-5-3-4-9-18-15/h6-7,11,15-16H,2-5,8-10,12H2,1H3. The van der Waals surface area contributed by atoms with E-state index in [0.29, 0.717) is 6.61 Å². The van der Waals surface area contributed by atoms with E-state index in [4.69, 9.17) is 9.47 Å². The summed E-state index contributed by atoms with van der Waals surface area (Å²) in [5.41, 5.74) is 1.05. The second-order valence-corrected chi connectivity index (χ2v) is 4.96. The third-order valence-corrected chi connectivity index (χ3v) is 3.24. The van der Waals surface area contributed by atoms with Crippen LogP contribution in [0.3, 0.4) is 0 Å². The largest absolute Gasteiger partial charge is 0.489 e. The van der Waals surface area contributed by atoms with Crippen LogP contribution in [0.25, 0.3) is 0 Å². The summed E-state index contributed by atoms with van der Waals surface area (Å²) in [6.07, 6.45) is 6.71. The van der Waals surface area contributed by atoms with E-state index in [0.717, 1.165) is 44.0 Å². The van der Waals surface area contributed by atoms with Crippen LogP contribution in [0.1, 0.15) is 38.3 Å². The van der Waals surface area contributed by atoms with E-state index in [1.165, 1.54) is 12.8 Å². The lowest BCUT2D eigenvalue weighted by Crippen LogP contribution is -2.25. The zero-order chi connectivity index (χ0) is 13.3. The molecule has 1 saturated heterocycles. The molecule has 0 spiro atoms. The molecule has 0 aliphatic carbocycles. The molecule has 0 amide bonds. The third kappa shape index (κ3) is 5.17. The van der Waals surface area contributed by atoms with Crippen molar-refractivity contribution in [2.45, 2.75) is 45.3 Å². The van der Waals surface area contributed by atoms with Gasteiger partial charge in [0.25, 0.3) is 0 Å². The van der Waals surface area contributed by atoms with Gasteiger partial charge in [0.2, 0.25) is 0 Å². The first-order chi connectivity index (χ1) is 9.38. The topological polar surface area (TPSA) is 43.4 Å². The Labute approximate surface area is 115 Å². The number of aromatic nitrogens is 1. The molecular weight excluding hydrogens is 240 g/mol. The lowest BCUT2D eigenvalue weighted by molar-refractivity contribution is -0.0111. The molecule has 1 fully saturated rings. The third-order valence-electron chi connectivity index (χ3n) is 3.24. The van der Waals surface area contributed by atoms with Gasteiger partial charge in [0, 0.05) is 13.2 Å². The first kappa shape index (κ1) is 14.3. The highest BCUT2D eigenvalue weighted by molar-refractivity contribution is 5.19. The van der Waals surface area contributed by atoms with Crippen molar-refractivity contribution in [2.24, 2.45) is 0 Å². The number of pyridine rings is 1. The Morgan fingerprint density at radius 1 is 1.42 bits per heavy atom. The summed E-state index contributed by atoms with van der Waals surface area (Å²) in [5, 5.41) is 3.33. The summed E-state index contributed by atoms with van der Waals surface area (Å²) in [5.74, 6) is 0.827. The highest BCUT2D eigenvalue weighted by Gasteiger charge is 2.14. The van der Waals surface area contributed by atoms with Crippen LogP contribution in [-0.2, 0) is 11.3 Å². The van der Waals surface area contributed by atoms with Crippen molar-refractivity contribution in [1.29, 1.82) is 0 Å². The van der Waals surface area contributed by atoms with Gasteiger partial charge in [-0.05, 0) is 44.4 Å². The van der Waals surface area contributed by atoms with Gasteiger partial charge in [0.15, 0.2) is 0 Å². The first-order valence-corrected chi connectivity index (χ1v) is 7.28. The minimum absolute atomic E-state index is 0.250. The number of hydrogen-bond donors (Lipinski definition) is 1. The van der Waals surface area contributed by atoms with E-state index in [-0.39, 0.29) is 6.10 Å². The molecule has 106 valence electrons. The Hall–Kier alpha value is -1.13. The quantitative estimate of drug-likeness (QED) is 0.769. The maximum absolute atomic E-state index is 5.72. The number of nitrogens with zero attached hydrogens (tertiary/aromatic N) is 1. The van der Waals surface area contributed by atoms with Crippen molar-refractivity contribution in [3.05, 3.63) is 24.0 Å². The van der Waals surface area contributed by atoms with Crippen LogP contribution in [0.5, 0.6) is 5.75 Å². The van der Waals surface area contributed by atoms with Crippen molar-refractivity contribution in [2.75, 3.05) is 19.8 Å². The average molecular weight is 264 g/mol. The summed E-state index contributed by atoms with van der Waals surface area (Å²) in [4.78, 5) is 4.39. The van der Waals surface area contributed by atoms with Gasteiger partial charge in [-0.2, -0.15) is 0 Å². The minimum atomic E-state index is 0.250. The molecule has 4 nitrogen and oxygen atoms in total. The SMILES string of the molecule is CCCNCc1ccc(OCC2CCCCO2)cn1. The monoisotopic (exact) mass is 264 g/mol. The molecule has 1 atom stereocenters. The first-order valence-electron chi connectivity index (χ1n) is 7.28. The van der Waals surface area contributed by atoms with Crippen molar-refractivity contribution in [3.8, 4) is 5.75 Å². The van der Waals surface area contributed by atoms with Gasteiger partial charge in [0.1, 0.15) is 12.4 Å². The molecule has 1 unspecified atom stereocenters. The van der Waals surface area contributed by atoms with Gasteiger partial charge in [-0.1, -0.05) is 6.92 Å². The predicted octanol–water partition coefficient (Wildman–Crippen LogP) is 2.53. The molecule has 1 aliphatic rings. The average Bonchev–Trinajstić information content (AvgIpc) is 2.48. The second-order valence-electron chi connectivity index (χ2n) is 4.96. The zero-order valence-corrected chi connectivity index (χ0v) is 11.7. The molecule has 1 aliphatic heterocycles. The number of rotatable bonds is 7. The van der Waals surface area contributed by atoms with Gasteiger partial charge in [-0.25, -0.2) is 0 Å². The van der Waals surface area contributed by atoms with Gasteiger partial charge >= 0.3 is 0 Å². The maximum Gasteiger partial charge on any atom is 0.137 e. The Morgan fingerprint density at radius 3 is 3.05 bits per heavy atom. The molecule has 1 N–H and O–H groups in total. The molecule has 2 heterocycles.